The van der Waals surface area contributed by atoms with Crippen molar-refractivity contribution in [1.82, 2.24) is 24.8 Å². The number of fused-ring (bicyclic) bond motifs is 3. The summed E-state index contributed by atoms with van der Waals surface area (Å²) in [7, 11) is 0. The molecule has 1 atom stereocenters. The Hall–Kier alpha value is -4.37. The van der Waals surface area contributed by atoms with Crippen LogP contribution in [0.1, 0.15) is 54.9 Å². The maximum atomic E-state index is 13.7. The number of benzene rings is 2. The molecule has 1 unspecified atom stereocenters. The molecule has 2 N–H and O–H groups in total. The average Bonchev–Trinajstić information content (AvgIpc) is 3.65. The molecule has 1 amide bonds. The number of carbonyl (C=O) groups is 2. The summed E-state index contributed by atoms with van der Waals surface area (Å²) in [5.74, 6) is 1.71. The fraction of sp³-hybridized carbons (Fsp3) is 0.267. The third kappa shape index (κ3) is 5.00. The summed E-state index contributed by atoms with van der Waals surface area (Å²) in [4.78, 5) is 43.8. The number of carbonyl (C=O) groups excluding carboxylic acids is 2. The zero-order valence-corrected chi connectivity index (χ0v) is 23.1. The maximum Gasteiger partial charge on any atom is 0.410 e. The summed E-state index contributed by atoms with van der Waals surface area (Å²) < 4.78 is 11.4. The van der Waals surface area contributed by atoms with Gasteiger partial charge in [-0.05, 0) is 51.5 Å². The third-order valence-electron chi connectivity index (χ3n) is 6.80. The highest BCUT2D eigenvalue weighted by molar-refractivity contribution is 6.36. The lowest BCUT2D eigenvalue weighted by molar-refractivity contribution is 0.0292. The summed E-state index contributed by atoms with van der Waals surface area (Å²) >= 11 is 6.56. The highest BCUT2D eigenvalue weighted by Gasteiger charge is 2.32. The van der Waals surface area contributed by atoms with E-state index in [1.807, 2.05) is 51.1 Å². The summed E-state index contributed by atoms with van der Waals surface area (Å²) in [6, 6.07) is 14.4. The van der Waals surface area contributed by atoms with Crippen molar-refractivity contribution >= 4 is 45.5 Å². The van der Waals surface area contributed by atoms with E-state index in [2.05, 4.69) is 15.0 Å². The number of H-pyrrole nitrogens is 2. The van der Waals surface area contributed by atoms with Gasteiger partial charge in [0.2, 0.25) is 0 Å². The van der Waals surface area contributed by atoms with Crippen LogP contribution in [0.15, 0.2) is 60.9 Å². The van der Waals surface area contributed by atoms with Crippen LogP contribution in [0.3, 0.4) is 0 Å². The number of aromatic amines is 2. The number of hydrogen-bond acceptors (Lipinski definition) is 6. The zero-order chi connectivity index (χ0) is 28.0. The summed E-state index contributed by atoms with van der Waals surface area (Å²) in [5.41, 5.74) is 2.12. The molecular formula is C30H28ClN5O4. The normalized spacial score (nSPS) is 15.6. The molecule has 3 aromatic heterocycles. The molecular weight excluding hydrogens is 530 g/mol. The Labute approximate surface area is 235 Å². The minimum Gasteiger partial charge on any atom is -0.457 e. The monoisotopic (exact) mass is 557 g/mol. The van der Waals surface area contributed by atoms with Crippen molar-refractivity contribution in [3.8, 4) is 11.5 Å². The number of hydrogen-bond donors (Lipinski definition) is 2. The van der Waals surface area contributed by atoms with Crippen molar-refractivity contribution in [2.75, 3.05) is 13.1 Å². The van der Waals surface area contributed by atoms with E-state index in [0.29, 0.717) is 57.8 Å². The molecule has 1 aliphatic rings. The molecule has 4 heterocycles. The molecule has 6 rings (SSSR count). The number of nitrogens with one attached hydrogen (secondary N) is 2. The van der Waals surface area contributed by atoms with Crippen LogP contribution in [0, 0.1) is 0 Å². The zero-order valence-electron chi connectivity index (χ0n) is 22.3. The maximum absolute atomic E-state index is 13.7. The minimum absolute atomic E-state index is 0.0136. The molecule has 0 radical (unpaired) electrons. The van der Waals surface area contributed by atoms with E-state index in [4.69, 9.17) is 26.1 Å². The van der Waals surface area contributed by atoms with Crippen molar-refractivity contribution in [2.45, 2.75) is 38.7 Å². The fourth-order valence-corrected chi connectivity index (χ4v) is 5.19. The molecule has 0 spiro atoms. The van der Waals surface area contributed by atoms with E-state index >= 15 is 0 Å². The van der Waals surface area contributed by atoms with Crippen LogP contribution in [0.5, 0.6) is 11.5 Å². The molecule has 0 aliphatic carbocycles. The molecule has 10 heteroatoms. The second kappa shape index (κ2) is 9.98. The second-order valence-electron chi connectivity index (χ2n) is 10.9. The molecule has 1 aliphatic heterocycles. The van der Waals surface area contributed by atoms with Gasteiger partial charge in [0.1, 0.15) is 34.1 Å². The number of ketones is 1. The van der Waals surface area contributed by atoms with Crippen LogP contribution in [0.4, 0.5) is 4.79 Å². The van der Waals surface area contributed by atoms with Crippen molar-refractivity contribution in [3.63, 3.8) is 0 Å². The topological polar surface area (TPSA) is 113 Å². The van der Waals surface area contributed by atoms with Crippen LogP contribution in [-0.2, 0) is 4.74 Å². The summed E-state index contributed by atoms with van der Waals surface area (Å²) in [6.07, 6.45) is 3.76. The number of likely N-dealkylation sites (tertiary alicyclic amines) is 1. The molecule has 1 fully saturated rings. The van der Waals surface area contributed by atoms with Gasteiger partial charge in [-0.2, -0.15) is 0 Å². The fourth-order valence-electron chi connectivity index (χ4n) is 4.93. The number of rotatable bonds is 5. The minimum atomic E-state index is -0.554. The first kappa shape index (κ1) is 25.9. The first-order valence-electron chi connectivity index (χ1n) is 13.1. The number of nitrogens with zero attached hydrogens (tertiary/aromatic N) is 3. The van der Waals surface area contributed by atoms with E-state index < -0.39 is 5.60 Å². The van der Waals surface area contributed by atoms with Gasteiger partial charge in [0.25, 0.3) is 0 Å². The van der Waals surface area contributed by atoms with Crippen LogP contribution in [-0.4, -0.2) is 55.4 Å². The van der Waals surface area contributed by atoms with Gasteiger partial charge >= 0.3 is 6.09 Å². The van der Waals surface area contributed by atoms with E-state index in [0.717, 1.165) is 12.2 Å². The van der Waals surface area contributed by atoms with Crippen molar-refractivity contribution in [2.24, 2.45) is 0 Å². The van der Waals surface area contributed by atoms with Crippen molar-refractivity contribution in [3.05, 3.63) is 82.9 Å². The first-order chi connectivity index (χ1) is 19.2. The van der Waals surface area contributed by atoms with Crippen LogP contribution < -0.4 is 4.74 Å². The van der Waals surface area contributed by atoms with Crippen LogP contribution in [0.25, 0.3) is 22.1 Å². The van der Waals surface area contributed by atoms with Crippen LogP contribution >= 0.6 is 11.6 Å². The van der Waals surface area contributed by atoms with E-state index in [1.54, 1.807) is 35.5 Å². The van der Waals surface area contributed by atoms with Gasteiger partial charge in [-0.1, -0.05) is 29.8 Å². The Morgan fingerprint density at radius 3 is 2.62 bits per heavy atom. The number of amides is 1. The predicted molar refractivity (Wildman–Crippen MR) is 152 cm³/mol. The van der Waals surface area contributed by atoms with Gasteiger partial charge in [-0.15, -0.1) is 0 Å². The molecule has 40 heavy (non-hydrogen) atoms. The number of imidazole rings is 1. The summed E-state index contributed by atoms with van der Waals surface area (Å²) in [6.45, 7) is 6.64. The number of ether oxygens (including phenoxy) is 2. The number of pyridine rings is 1. The van der Waals surface area contributed by atoms with Gasteiger partial charge in [0.15, 0.2) is 5.78 Å². The highest BCUT2D eigenvalue weighted by Crippen LogP contribution is 2.34. The molecule has 0 bridgehead atoms. The standard InChI is InChI=1S/C30H28ClN5O4/c1-30(2,3)40-29(38)36-12-11-17(16-36)27-34-23-15-33-28-24(25(23)35-27)21(14-32-28)26(37)20-10-9-19(13-22(20)31)39-18-7-5-4-6-8-18/h4-10,13-15,17H,11-12,16H2,1-3H3,(H,32,33)(H,34,35). The quantitative estimate of drug-likeness (QED) is 0.229. The Kier molecular flexibility index (Phi) is 6.46. The number of aromatic nitrogens is 4. The van der Waals surface area contributed by atoms with Gasteiger partial charge < -0.3 is 24.3 Å². The van der Waals surface area contributed by atoms with Gasteiger partial charge in [0, 0.05) is 36.8 Å². The second-order valence-corrected chi connectivity index (χ2v) is 11.3. The number of halogens is 1. The predicted octanol–water partition coefficient (Wildman–Crippen LogP) is 6.84. The average molecular weight is 558 g/mol. The van der Waals surface area contributed by atoms with Crippen molar-refractivity contribution < 1.29 is 19.1 Å². The lowest BCUT2D eigenvalue weighted by atomic mass is 10.0. The Balaban J connectivity index is 1.28. The Bertz CT molecular complexity index is 1740. The molecule has 0 saturated carbocycles. The van der Waals surface area contributed by atoms with Gasteiger partial charge in [0.05, 0.1) is 27.7 Å². The third-order valence-corrected chi connectivity index (χ3v) is 7.12. The largest absolute Gasteiger partial charge is 0.457 e. The molecule has 2 aromatic carbocycles. The Morgan fingerprint density at radius 2 is 1.88 bits per heavy atom. The lowest BCUT2D eigenvalue weighted by Gasteiger charge is -2.24. The molecule has 1 saturated heterocycles. The van der Waals surface area contributed by atoms with Crippen molar-refractivity contribution in [1.29, 1.82) is 0 Å². The smallest absolute Gasteiger partial charge is 0.410 e. The first-order valence-corrected chi connectivity index (χ1v) is 13.4. The number of para-hydroxylation sites is 1. The SMILES string of the molecule is CC(C)(C)OC(=O)N1CCC(c2nc3c(cnc4[nH]cc(C(=O)c5ccc(Oc6ccccc6)cc5Cl)c43)[nH]2)C1. The summed E-state index contributed by atoms with van der Waals surface area (Å²) in [5, 5.41) is 0.900. The van der Waals surface area contributed by atoms with E-state index in [1.165, 1.54) is 0 Å². The van der Waals surface area contributed by atoms with Gasteiger partial charge in [-0.25, -0.2) is 14.8 Å². The highest BCUT2D eigenvalue weighted by atomic mass is 35.5. The lowest BCUT2D eigenvalue weighted by Crippen LogP contribution is -2.35. The van der Waals surface area contributed by atoms with E-state index in [-0.39, 0.29) is 22.8 Å². The molecule has 204 valence electrons. The Morgan fingerprint density at radius 1 is 1.07 bits per heavy atom. The van der Waals surface area contributed by atoms with E-state index in [9.17, 15) is 9.59 Å². The molecule has 5 aromatic rings. The molecule has 9 nitrogen and oxygen atoms in total. The van der Waals surface area contributed by atoms with Gasteiger partial charge in [-0.3, -0.25) is 4.79 Å². The van der Waals surface area contributed by atoms with Crippen LogP contribution in [0.2, 0.25) is 5.02 Å².